The lowest BCUT2D eigenvalue weighted by atomic mass is 10.1. The molecule has 8 nitrogen and oxygen atoms in total. The van der Waals surface area contributed by atoms with Gasteiger partial charge in [0.15, 0.2) is 12.4 Å². The molecule has 0 aliphatic carbocycles. The molecule has 0 atom stereocenters. The number of carbonyl (C=O) groups is 2. The van der Waals surface area contributed by atoms with Crippen molar-refractivity contribution in [1.29, 1.82) is 0 Å². The molecule has 1 aliphatic heterocycles. The molecule has 2 aromatic rings. The summed E-state index contributed by atoms with van der Waals surface area (Å²) in [6.45, 7) is 2.82. The van der Waals surface area contributed by atoms with Crippen molar-refractivity contribution in [3.05, 3.63) is 64.2 Å². The highest BCUT2D eigenvalue weighted by atomic mass is 16.6. The minimum atomic E-state index is -0.558. The maximum atomic E-state index is 13.0. The van der Waals surface area contributed by atoms with Crippen LogP contribution in [0.5, 0.6) is 5.75 Å². The zero-order valence-electron chi connectivity index (χ0n) is 17.0. The molecule has 2 amide bonds. The van der Waals surface area contributed by atoms with Gasteiger partial charge in [-0.25, -0.2) is 0 Å². The Morgan fingerprint density at radius 2 is 1.73 bits per heavy atom. The third-order valence-corrected chi connectivity index (χ3v) is 5.06. The standard InChI is InChI=1S/C22H25N3O5/c1-17-9-11-18(12-10-17)24(15-21(26)23-13-5-2-6-14-23)22(27)16-30-20-8-4-3-7-19(20)25(28)29/h3-4,7-12H,2,5-6,13-16H2,1H3. The number of piperidine rings is 1. The Morgan fingerprint density at radius 3 is 2.40 bits per heavy atom. The monoisotopic (exact) mass is 411 g/mol. The Bertz CT molecular complexity index is 907. The van der Waals surface area contributed by atoms with Gasteiger partial charge in [0.25, 0.3) is 5.91 Å². The van der Waals surface area contributed by atoms with Crippen LogP contribution in [0.2, 0.25) is 0 Å². The van der Waals surface area contributed by atoms with E-state index in [-0.39, 0.29) is 23.9 Å². The molecule has 1 fully saturated rings. The van der Waals surface area contributed by atoms with E-state index in [1.165, 1.54) is 23.1 Å². The number of hydrogen-bond acceptors (Lipinski definition) is 5. The average molecular weight is 411 g/mol. The Morgan fingerprint density at radius 1 is 1.07 bits per heavy atom. The van der Waals surface area contributed by atoms with E-state index in [9.17, 15) is 19.7 Å². The minimum Gasteiger partial charge on any atom is -0.477 e. The largest absolute Gasteiger partial charge is 0.477 e. The van der Waals surface area contributed by atoms with Gasteiger partial charge in [-0.15, -0.1) is 0 Å². The van der Waals surface area contributed by atoms with Crippen molar-refractivity contribution in [2.75, 3.05) is 31.1 Å². The van der Waals surface area contributed by atoms with E-state index in [1.807, 2.05) is 19.1 Å². The maximum absolute atomic E-state index is 13.0. The van der Waals surface area contributed by atoms with E-state index < -0.39 is 17.4 Å². The van der Waals surface area contributed by atoms with Crippen molar-refractivity contribution in [3.8, 4) is 5.75 Å². The van der Waals surface area contributed by atoms with Crippen molar-refractivity contribution in [2.45, 2.75) is 26.2 Å². The fourth-order valence-electron chi connectivity index (χ4n) is 3.37. The number of nitro groups is 1. The van der Waals surface area contributed by atoms with E-state index in [2.05, 4.69) is 0 Å². The number of para-hydroxylation sites is 2. The van der Waals surface area contributed by atoms with Gasteiger partial charge in [0.1, 0.15) is 6.54 Å². The number of carbonyl (C=O) groups excluding carboxylic acids is 2. The van der Waals surface area contributed by atoms with Gasteiger partial charge in [-0.05, 0) is 44.4 Å². The second-order valence-corrected chi connectivity index (χ2v) is 7.27. The van der Waals surface area contributed by atoms with E-state index in [4.69, 9.17) is 4.74 Å². The van der Waals surface area contributed by atoms with Crippen LogP contribution in [0.25, 0.3) is 0 Å². The predicted octanol–water partition coefficient (Wildman–Crippen LogP) is 3.33. The summed E-state index contributed by atoms with van der Waals surface area (Å²) < 4.78 is 5.46. The fourth-order valence-corrected chi connectivity index (χ4v) is 3.37. The van der Waals surface area contributed by atoms with Crippen LogP contribution in [-0.2, 0) is 9.59 Å². The highest BCUT2D eigenvalue weighted by Gasteiger charge is 2.25. The Labute approximate surface area is 175 Å². The molecule has 0 aromatic heterocycles. The first kappa shape index (κ1) is 21.3. The fraction of sp³-hybridized carbons (Fsp3) is 0.364. The Kier molecular flexibility index (Phi) is 7.00. The number of ether oxygens (including phenoxy) is 1. The predicted molar refractivity (Wildman–Crippen MR) is 113 cm³/mol. The zero-order chi connectivity index (χ0) is 21.5. The third kappa shape index (κ3) is 5.34. The van der Waals surface area contributed by atoms with E-state index in [1.54, 1.807) is 23.1 Å². The lowest BCUT2D eigenvalue weighted by molar-refractivity contribution is -0.385. The summed E-state index contributed by atoms with van der Waals surface area (Å²) in [5.41, 5.74) is 1.41. The van der Waals surface area contributed by atoms with Crippen molar-refractivity contribution in [1.82, 2.24) is 4.90 Å². The normalized spacial score (nSPS) is 13.6. The molecule has 0 saturated carbocycles. The summed E-state index contributed by atoms with van der Waals surface area (Å²) in [7, 11) is 0. The summed E-state index contributed by atoms with van der Waals surface area (Å²) in [6, 6.07) is 13.2. The Hall–Kier alpha value is -3.42. The van der Waals surface area contributed by atoms with Gasteiger partial charge in [-0.1, -0.05) is 29.8 Å². The van der Waals surface area contributed by atoms with Crippen LogP contribution in [0.1, 0.15) is 24.8 Å². The molecule has 2 aromatic carbocycles. The molecule has 1 heterocycles. The number of amides is 2. The van der Waals surface area contributed by atoms with Crippen LogP contribution >= 0.6 is 0 Å². The van der Waals surface area contributed by atoms with Crippen LogP contribution in [-0.4, -0.2) is 47.9 Å². The summed E-state index contributed by atoms with van der Waals surface area (Å²) in [4.78, 5) is 39.5. The molecular weight excluding hydrogens is 386 g/mol. The van der Waals surface area contributed by atoms with Gasteiger partial charge < -0.3 is 14.5 Å². The molecule has 0 unspecified atom stereocenters. The smallest absolute Gasteiger partial charge is 0.310 e. The van der Waals surface area contributed by atoms with Crippen LogP contribution in [0, 0.1) is 17.0 Å². The number of aryl methyl sites for hydroxylation is 1. The molecule has 0 radical (unpaired) electrons. The van der Waals surface area contributed by atoms with Crippen molar-refractivity contribution < 1.29 is 19.2 Å². The number of anilines is 1. The van der Waals surface area contributed by atoms with Gasteiger partial charge in [0, 0.05) is 24.8 Å². The van der Waals surface area contributed by atoms with E-state index >= 15 is 0 Å². The third-order valence-electron chi connectivity index (χ3n) is 5.06. The van der Waals surface area contributed by atoms with Crippen LogP contribution < -0.4 is 9.64 Å². The molecule has 1 saturated heterocycles. The molecule has 30 heavy (non-hydrogen) atoms. The SMILES string of the molecule is Cc1ccc(N(CC(=O)N2CCCCC2)C(=O)COc2ccccc2[N+](=O)[O-])cc1. The van der Waals surface area contributed by atoms with Crippen LogP contribution in [0.15, 0.2) is 48.5 Å². The number of rotatable bonds is 7. The van der Waals surface area contributed by atoms with Crippen LogP contribution in [0.4, 0.5) is 11.4 Å². The first-order valence-corrected chi connectivity index (χ1v) is 9.97. The quantitative estimate of drug-likeness (QED) is 0.515. The lowest BCUT2D eigenvalue weighted by Gasteiger charge is -2.30. The first-order valence-electron chi connectivity index (χ1n) is 9.97. The van der Waals surface area contributed by atoms with E-state index in [0.29, 0.717) is 18.8 Å². The Balaban J connectivity index is 1.75. The van der Waals surface area contributed by atoms with Gasteiger partial charge >= 0.3 is 5.69 Å². The molecule has 1 aliphatic rings. The van der Waals surface area contributed by atoms with Crippen molar-refractivity contribution in [2.24, 2.45) is 0 Å². The highest BCUT2D eigenvalue weighted by Crippen LogP contribution is 2.26. The summed E-state index contributed by atoms with van der Waals surface area (Å²) in [6.07, 6.45) is 3.03. The first-order chi connectivity index (χ1) is 14.5. The van der Waals surface area contributed by atoms with Crippen molar-refractivity contribution in [3.63, 3.8) is 0 Å². The minimum absolute atomic E-state index is 0.0158. The number of benzene rings is 2. The number of nitrogens with zero attached hydrogens (tertiary/aromatic N) is 3. The molecule has 0 spiro atoms. The summed E-state index contributed by atoms with van der Waals surface area (Å²) >= 11 is 0. The highest BCUT2D eigenvalue weighted by molar-refractivity contribution is 5.99. The molecule has 158 valence electrons. The molecule has 3 rings (SSSR count). The number of hydrogen-bond donors (Lipinski definition) is 0. The topological polar surface area (TPSA) is 93.0 Å². The van der Waals surface area contributed by atoms with Crippen molar-refractivity contribution >= 4 is 23.2 Å². The van der Waals surface area contributed by atoms with Gasteiger partial charge in [0.05, 0.1) is 4.92 Å². The van der Waals surface area contributed by atoms with Gasteiger partial charge in [-0.3, -0.25) is 19.7 Å². The van der Waals surface area contributed by atoms with Crippen LogP contribution in [0.3, 0.4) is 0 Å². The van der Waals surface area contributed by atoms with E-state index in [0.717, 1.165) is 24.8 Å². The molecular formula is C22H25N3O5. The second-order valence-electron chi connectivity index (χ2n) is 7.27. The average Bonchev–Trinajstić information content (AvgIpc) is 2.77. The zero-order valence-corrected chi connectivity index (χ0v) is 17.0. The summed E-state index contributed by atoms with van der Waals surface area (Å²) in [5, 5.41) is 11.2. The molecule has 8 heteroatoms. The second kappa shape index (κ2) is 9.87. The number of nitro benzene ring substituents is 1. The molecule has 0 bridgehead atoms. The van der Waals surface area contributed by atoms with Gasteiger partial charge in [-0.2, -0.15) is 0 Å². The summed E-state index contributed by atoms with van der Waals surface area (Å²) in [5.74, 6) is -0.543. The van der Waals surface area contributed by atoms with Gasteiger partial charge in [0.2, 0.25) is 5.91 Å². The number of likely N-dealkylation sites (tertiary alicyclic amines) is 1. The lowest BCUT2D eigenvalue weighted by Crippen LogP contribution is -2.46. The maximum Gasteiger partial charge on any atom is 0.310 e. The molecule has 0 N–H and O–H groups in total.